The van der Waals surface area contributed by atoms with Gasteiger partial charge in [-0.25, -0.2) is 14.8 Å². The minimum atomic E-state index is -0.413. The lowest BCUT2D eigenvalue weighted by molar-refractivity contribution is 0.0594. The molecule has 1 aliphatic rings. The average molecular weight is 235 g/mol. The third kappa shape index (κ3) is 2.93. The molecule has 0 saturated carbocycles. The van der Waals surface area contributed by atoms with Gasteiger partial charge in [0, 0.05) is 19.2 Å². The van der Waals surface area contributed by atoms with Gasteiger partial charge in [-0.1, -0.05) is 12.8 Å². The number of aromatic nitrogens is 2. The Balaban J connectivity index is 2.16. The van der Waals surface area contributed by atoms with Crippen LogP contribution in [0.25, 0.3) is 0 Å². The second-order valence-corrected chi connectivity index (χ2v) is 4.15. The number of ether oxygens (including phenoxy) is 1. The quantitative estimate of drug-likeness (QED) is 0.729. The second-order valence-electron chi connectivity index (χ2n) is 4.15. The van der Waals surface area contributed by atoms with Gasteiger partial charge in [0.2, 0.25) is 0 Å². The highest BCUT2D eigenvalue weighted by Crippen LogP contribution is 2.17. The maximum atomic E-state index is 11.4. The highest BCUT2D eigenvalue weighted by molar-refractivity contribution is 5.87. The summed E-state index contributed by atoms with van der Waals surface area (Å²) < 4.78 is 4.66. The Hall–Kier alpha value is -1.65. The molecule has 0 unspecified atom stereocenters. The zero-order valence-corrected chi connectivity index (χ0v) is 10.1. The Bertz CT molecular complexity index is 387. The predicted octanol–water partition coefficient (Wildman–Crippen LogP) is 1.64. The first-order chi connectivity index (χ1) is 8.31. The van der Waals surface area contributed by atoms with E-state index in [1.165, 1.54) is 39.1 Å². The van der Waals surface area contributed by atoms with Crippen LogP contribution in [0.2, 0.25) is 0 Å². The predicted molar refractivity (Wildman–Crippen MR) is 64.1 cm³/mol. The van der Waals surface area contributed by atoms with Crippen molar-refractivity contribution in [2.45, 2.75) is 25.7 Å². The van der Waals surface area contributed by atoms with E-state index in [4.69, 9.17) is 0 Å². The van der Waals surface area contributed by atoms with Gasteiger partial charge in [0.05, 0.1) is 7.11 Å². The first kappa shape index (κ1) is 11.8. The van der Waals surface area contributed by atoms with Crippen LogP contribution >= 0.6 is 0 Å². The maximum absolute atomic E-state index is 11.4. The van der Waals surface area contributed by atoms with Crippen molar-refractivity contribution in [1.29, 1.82) is 0 Å². The Morgan fingerprint density at radius 2 is 1.94 bits per heavy atom. The fourth-order valence-corrected chi connectivity index (χ4v) is 2.04. The summed E-state index contributed by atoms with van der Waals surface area (Å²) in [6.45, 7) is 2.00. The monoisotopic (exact) mass is 235 g/mol. The van der Waals surface area contributed by atoms with Gasteiger partial charge in [0.15, 0.2) is 5.69 Å². The third-order valence-corrected chi connectivity index (χ3v) is 2.98. The number of hydrogen-bond donors (Lipinski definition) is 0. The van der Waals surface area contributed by atoms with E-state index >= 15 is 0 Å². The van der Waals surface area contributed by atoms with Gasteiger partial charge in [-0.2, -0.15) is 0 Å². The molecule has 1 aromatic rings. The third-order valence-electron chi connectivity index (χ3n) is 2.98. The fraction of sp³-hybridized carbons (Fsp3) is 0.583. The molecule has 5 heteroatoms. The van der Waals surface area contributed by atoms with Crippen molar-refractivity contribution < 1.29 is 9.53 Å². The average Bonchev–Trinajstić information content (AvgIpc) is 2.67. The number of hydrogen-bond acceptors (Lipinski definition) is 5. The molecule has 5 nitrogen and oxygen atoms in total. The molecule has 1 aliphatic heterocycles. The molecule has 17 heavy (non-hydrogen) atoms. The minimum absolute atomic E-state index is 0.321. The zero-order valence-electron chi connectivity index (χ0n) is 10.1. The van der Waals surface area contributed by atoms with E-state index in [2.05, 4.69) is 19.6 Å². The molecule has 0 atom stereocenters. The highest BCUT2D eigenvalue weighted by Gasteiger charge is 2.14. The molecule has 0 bridgehead atoms. The van der Waals surface area contributed by atoms with Crippen LogP contribution in [0.15, 0.2) is 12.4 Å². The van der Waals surface area contributed by atoms with Crippen LogP contribution in [0.5, 0.6) is 0 Å². The summed E-state index contributed by atoms with van der Waals surface area (Å²) in [5.74, 6) is 0.408. The molecule has 1 fully saturated rings. The number of carbonyl (C=O) groups is 1. The van der Waals surface area contributed by atoms with E-state index in [9.17, 15) is 4.79 Å². The van der Waals surface area contributed by atoms with E-state index in [1.807, 2.05) is 0 Å². The summed E-state index contributed by atoms with van der Waals surface area (Å²) in [4.78, 5) is 21.7. The van der Waals surface area contributed by atoms with Crippen molar-refractivity contribution in [3.63, 3.8) is 0 Å². The number of nitrogens with zero attached hydrogens (tertiary/aromatic N) is 3. The summed E-state index contributed by atoms with van der Waals surface area (Å²) in [5.41, 5.74) is 0.321. The number of anilines is 1. The molecule has 0 amide bonds. The molecular formula is C12H17N3O2. The summed E-state index contributed by atoms with van der Waals surface area (Å²) >= 11 is 0. The lowest BCUT2D eigenvalue weighted by atomic mass is 10.2. The fourth-order valence-electron chi connectivity index (χ4n) is 2.04. The molecule has 0 spiro atoms. The van der Waals surface area contributed by atoms with E-state index in [1.54, 1.807) is 6.07 Å². The van der Waals surface area contributed by atoms with E-state index in [0.29, 0.717) is 5.69 Å². The van der Waals surface area contributed by atoms with Crippen LogP contribution < -0.4 is 4.90 Å². The van der Waals surface area contributed by atoms with Crippen LogP contribution in [0, 0.1) is 0 Å². The molecule has 0 radical (unpaired) electrons. The molecule has 0 aliphatic carbocycles. The normalized spacial score (nSPS) is 16.4. The summed E-state index contributed by atoms with van der Waals surface area (Å²) in [7, 11) is 1.36. The maximum Gasteiger partial charge on any atom is 0.356 e. The van der Waals surface area contributed by atoms with Crippen molar-refractivity contribution >= 4 is 11.8 Å². The van der Waals surface area contributed by atoms with Gasteiger partial charge >= 0.3 is 5.97 Å². The smallest absolute Gasteiger partial charge is 0.356 e. The minimum Gasteiger partial charge on any atom is -0.464 e. The SMILES string of the molecule is COC(=O)c1cc(N2CCCCCC2)ncn1. The molecule has 2 heterocycles. The van der Waals surface area contributed by atoms with Crippen LogP contribution in [0.3, 0.4) is 0 Å². The molecule has 1 saturated heterocycles. The topological polar surface area (TPSA) is 55.3 Å². The van der Waals surface area contributed by atoms with Crippen molar-refractivity contribution in [1.82, 2.24) is 9.97 Å². The molecule has 2 rings (SSSR count). The molecule has 0 N–H and O–H groups in total. The zero-order chi connectivity index (χ0) is 12.1. The highest BCUT2D eigenvalue weighted by atomic mass is 16.5. The van der Waals surface area contributed by atoms with Crippen molar-refractivity contribution in [2.24, 2.45) is 0 Å². The van der Waals surface area contributed by atoms with Crippen molar-refractivity contribution in [3.05, 3.63) is 18.1 Å². The molecule has 0 aromatic carbocycles. The standard InChI is InChI=1S/C12H17N3O2/c1-17-12(16)10-8-11(14-9-13-10)15-6-4-2-3-5-7-15/h8-9H,2-7H2,1H3. The van der Waals surface area contributed by atoms with Gasteiger partial charge in [0.25, 0.3) is 0 Å². The van der Waals surface area contributed by atoms with E-state index in [0.717, 1.165) is 18.9 Å². The van der Waals surface area contributed by atoms with Crippen LogP contribution in [-0.4, -0.2) is 36.1 Å². The van der Waals surface area contributed by atoms with Gasteiger partial charge in [-0.15, -0.1) is 0 Å². The van der Waals surface area contributed by atoms with Gasteiger partial charge in [0.1, 0.15) is 12.1 Å². The first-order valence-electron chi connectivity index (χ1n) is 5.96. The second kappa shape index (κ2) is 5.61. The molecular weight excluding hydrogens is 218 g/mol. The lowest BCUT2D eigenvalue weighted by Gasteiger charge is -2.21. The molecule has 92 valence electrons. The lowest BCUT2D eigenvalue weighted by Crippen LogP contribution is -2.25. The number of rotatable bonds is 2. The number of methoxy groups -OCH3 is 1. The van der Waals surface area contributed by atoms with Gasteiger partial charge < -0.3 is 9.64 Å². The number of esters is 1. The van der Waals surface area contributed by atoms with Gasteiger partial charge in [-0.05, 0) is 12.8 Å². The van der Waals surface area contributed by atoms with Crippen LogP contribution in [0.4, 0.5) is 5.82 Å². The summed E-state index contributed by atoms with van der Waals surface area (Å²) in [5, 5.41) is 0. The van der Waals surface area contributed by atoms with Crippen LogP contribution in [0.1, 0.15) is 36.2 Å². The largest absolute Gasteiger partial charge is 0.464 e. The van der Waals surface area contributed by atoms with Crippen LogP contribution in [-0.2, 0) is 4.74 Å². The van der Waals surface area contributed by atoms with Crippen molar-refractivity contribution in [3.8, 4) is 0 Å². The Kier molecular flexibility index (Phi) is 3.90. The van der Waals surface area contributed by atoms with E-state index < -0.39 is 5.97 Å². The summed E-state index contributed by atoms with van der Waals surface area (Å²) in [6.07, 6.45) is 6.32. The summed E-state index contributed by atoms with van der Waals surface area (Å²) in [6, 6.07) is 1.71. The van der Waals surface area contributed by atoms with Gasteiger partial charge in [-0.3, -0.25) is 0 Å². The Morgan fingerprint density at radius 3 is 2.59 bits per heavy atom. The first-order valence-corrected chi connectivity index (χ1v) is 5.96. The Morgan fingerprint density at radius 1 is 1.24 bits per heavy atom. The molecule has 1 aromatic heterocycles. The Labute approximate surface area is 101 Å². The van der Waals surface area contributed by atoms with E-state index in [-0.39, 0.29) is 0 Å². The van der Waals surface area contributed by atoms with Crippen molar-refractivity contribution in [2.75, 3.05) is 25.1 Å². The number of carbonyl (C=O) groups excluding carboxylic acids is 1.